The second-order valence-electron chi connectivity index (χ2n) is 8.43. The third-order valence-electron chi connectivity index (χ3n) is 6.95. The van der Waals surface area contributed by atoms with E-state index in [1.807, 2.05) is 17.0 Å². The third-order valence-corrected chi connectivity index (χ3v) is 8.84. The van der Waals surface area contributed by atoms with E-state index in [2.05, 4.69) is 0 Å². The molecule has 1 aromatic carbocycles. The van der Waals surface area contributed by atoms with Gasteiger partial charge in [-0.2, -0.15) is 4.31 Å². The van der Waals surface area contributed by atoms with Crippen LogP contribution in [0.25, 0.3) is 0 Å². The van der Waals surface area contributed by atoms with Gasteiger partial charge in [-0.05, 0) is 54.4 Å². The maximum absolute atomic E-state index is 12.9. The van der Waals surface area contributed by atoms with E-state index < -0.39 is 10.0 Å². The maximum Gasteiger partial charge on any atom is 0.243 e. The van der Waals surface area contributed by atoms with E-state index in [9.17, 15) is 13.2 Å². The van der Waals surface area contributed by atoms with Crippen LogP contribution >= 0.6 is 0 Å². The predicted molar refractivity (Wildman–Crippen MR) is 99.5 cm³/mol. The summed E-state index contributed by atoms with van der Waals surface area (Å²) < 4.78 is 32.5. The number of hydrogen-bond donors (Lipinski definition) is 0. The van der Waals surface area contributed by atoms with Gasteiger partial charge in [0.25, 0.3) is 0 Å². The lowest BCUT2D eigenvalue weighted by atomic mass is 9.79. The van der Waals surface area contributed by atoms with Gasteiger partial charge in [-0.3, -0.25) is 4.79 Å². The molecule has 146 valence electrons. The first-order valence-corrected chi connectivity index (χ1v) is 11.4. The van der Waals surface area contributed by atoms with Gasteiger partial charge in [-0.25, -0.2) is 8.42 Å². The molecule has 0 bridgehead atoms. The highest BCUT2D eigenvalue weighted by Crippen LogP contribution is 2.66. The number of hydrogen-bond acceptors (Lipinski definition) is 4. The standard InChI is InChI=1S/C20H26N2O4S/c23-19(18-13-20(18)5-1-6-20)21-7-4-15-12-17(3-2-16(15)14-21)27(24,25)22-8-10-26-11-9-22/h2-3,12,18H,1,4-11,13-14H2. The molecule has 27 heavy (non-hydrogen) atoms. The van der Waals surface area contributed by atoms with Crippen LogP contribution < -0.4 is 0 Å². The molecule has 4 aliphatic rings. The van der Waals surface area contributed by atoms with E-state index in [1.54, 1.807) is 6.07 Å². The van der Waals surface area contributed by atoms with Crippen LogP contribution in [0.15, 0.2) is 23.1 Å². The summed E-state index contributed by atoms with van der Waals surface area (Å²) in [6.07, 6.45) is 5.51. The number of carbonyl (C=O) groups is 1. The van der Waals surface area contributed by atoms with Crippen molar-refractivity contribution >= 4 is 15.9 Å². The molecule has 2 heterocycles. The first-order valence-electron chi connectivity index (χ1n) is 9.98. The second kappa shape index (κ2) is 6.29. The number of sulfonamides is 1. The smallest absolute Gasteiger partial charge is 0.243 e. The number of benzene rings is 1. The van der Waals surface area contributed by atoms with Crippen LogP contribution in [0.1, 0.15) is 36.8 Å². The third kappa shape index (κ3) is 2.91. The van der Waals surface area contributed by atoms with Gasteiger partial charge in [-0.15, -0.1) is 0 Å². The summed E-state index contributed by atoms with van der Waals surface area (Å²) in [7, 11) is -3.47. The van der Waals surface area contributed by atoms with Crippen molar-refractivity contribution in [3.63, 3.8) is 0 Å². The van der Waals surface area contributed by atoms with Crippen molar-refractivity contribution < 1.29 is 17.9 Å². The maximum atomic E-state index is 12.9. The highest BCUT2D eigenvalue weighted by atomic mass is 32.2. The summed E-state index contributed by atoms with van der Waals surface area (Å²) in [5.41, 5.74) is 2.49. The number of carbonyl (C=O) groups excluding carboxylic acids is 1. The molecule has 2 aliphatic heterocycles. The molecule has 3 fully saturated rings. The molecule has 1 amide bonds. The molecule has 0 aromatic heterocycles. The zero-order valence-electron chi connectivity index (χ0n) is 15.5. The lowest BCUT2D eigenvalue weighted by Crippen LogP contribution is -2.41. The summed E-state index contributed by atoms with van der Waals surface area (Å²) in [6, 6.07) is 5.41. The normalized spacial score (nSPS) is 27.1. The molecule has 7 heteroatoms. The number of morpholine rings is 1. The summed E-state index contributed by atoms with van der Waals surface area (Å²) in [5, 5.41) is 0. The van der Waals surface area contributed by atoms with Crippen LogP contribution in [0.2, 0.25) is 0 Å². The first-order chi connectivity index (χ1) is 13.0. The molecule has 6 nitrogen and oxygen atoms in total. The van der Waals surface area contributed by atoms with Crippen LogP contribution in [-0.2, 0) is 32.5 Å². The van der Waals surface area contributed by atoms with E-state index in [1.165, 1.54) is 23.6 Å². The Morgan fingerprint density at radius 1 is 1.11 bits per heavy atom. The van der Waals surface area contributed by atoms with Crippen LogP contribution in [0.5, 0.6) is 0 Å². The molecule has 0 radical (unpaired) electrons. The van der Waals surface area contributed by atoms with Gasteiger partial charge in [0.15, 0.2) is 0 Å². The van der Waals surface area contributed by atoms with Crippen LogP contribution in [-0.4, -0.2) is 56.4 Å². The number of rotatable bonds is 3. The Balaban J connectivity index is 1.31. The van der Waals surface area contributed by atoms with E-state index in [4.69, 9.17) is 4.74 Å². The molecule has 2 aliphatic carbocycles. The van der Waals surface area contributed by atoms with Gasteiger partial charge < -0.3 is 9.64 Å². The van der Waals surface area contributed by atoms with Gasteiger partial charge in [0.1, 0.15) is 0 Å². The molecule has 1 atom stereocenters. The monoisotopic (exact) mass is 390 g/mol. The zero-order chi connectivity index (χ0) is 18.6. The predicted octanol–water partition coefficient (Wildman–Crippen LogP) is 1.78. The summed E-state index contributed by atoms with van der Waals surface area (Å²) >= 11 is 0. The van der Waals surface area contributed by atoms with Gasteiger partial charge in [0.05, 0.1) is 18.1 Å². The highest BCUT2D eigenvalue weighted by Gasteiger charge is 2.61. The first kappa shape index (κ1) is 17.6. The van der Waals surface area contributed by atoms with Crippen molar-refractivity contribution in [2.45, 2.75) is 43.5 Å². The number of fused-ring (bicyclic) bond motifs is 1. The summed E-state index contributed by atoms with van der Waals surface area (Å²) in [6.45, 7) is 3.02. The molecule has 5 rings (SSSR count). The van der Waals surface area contributed by atoms with Crippen molar-refractivity contribution in [3.8, 4) is 0 Å². The molecular formula is C20H26N2O4S. The van der Waals surface area contributed by atoms with E-state index >= 15 is 0 Å². The second-order valence-corrected chi connectivity index (χ2v) is 10.4. The van der Waals surface area contributed by atoms with Crippen LogP contribution in [0.3, 0.4) is 0 Å². The number of nitrogens with zero attached hydrogens (tertiary/aromatic N) is 2. The van der Waals surface area contributed by atoms with Crippen molar-refractivity contribution in [2.75, 3.05) is 32.8 Å². The molecule has 1 saturated heterocycles. The van der Waals surface area contributed by atoms with Crippen LogP contribution in [0.4, 0.5) is 0 Å². The van der Waals surface area contributed by atoms with E-state index in [-0.39, 0.29) is 5.92 Å². The SMILES string of the molecule is O=C(C1CC12CCC2)N1CCc2cc(S(=O)(=O)N3CCOCC3)ccc2C1. The molecular weight excluding hydrogens is 364 g/mol. The fraction of sp³-hybridized carbons (Fsp3) is 0.650. The van der Waals surface area contributed by atoms with E-state index in [0.717, 1.165) is 24.0 Å². The quantitative estimate of drug-likeness (QED) is 0.789. The van der Waals surface area contributed by atoms with Crippen LogP contribution in [0, 0.1) is 11.3 Å². The molecule has 2 saturated carbocycles. The van der Waals surface area contributed by atoms with Gasteiger partial charge in [0.2, 0.25) is 15.9 Å². The lowest BCUT2D eigenvalue weighted by molar-refractivity contribution is -0.134. The fourth-order valence-corrected chi connectivity index (χ4v) is 6.37. The Labute approximate surface area is 160 Å². The average Bonchev–Trinajstić information content (AvgIpc) is 3.44. The van der Waals surface area contributed by atoms with Crippen molar-refractivity contribution in [1.82, 2.24) is 9.21 Å². The minimum absolute atomic E-state index is 0.244. The minimum Gasteiger partial charge on any atom is -0.379 e. The molecule has 1 aromatic rings. The molecule has 1 unspecified atom stereocenters. The lowest BCUT2D eigenvalue weighted by Gasteiger charge is -2.32. The Kier molecular flexibility index (Phi) is 4.11. The van der Waals surface area contributed by atoms with Gasteiger partial charge >= 0.3 is 0 Å². The average molecular weight is 391 g/mol. The van der Waals surface area contributed by atoms with E-state index in [0.29, 0.717) is 55.6 Å². The number of ether oxygens (including phenoxy) is 1. The summed E-state index contributed by atoms with van der Waals surface area (Å²) in [5.74, 6) is 0.555. The topological polar surface area (TPSA) is 66.9 Å². The molecule has 0 N–H and O–H groups in total. The van der Waals surface area contributed by atoms with Gasteiger partial charge in [-0.1, -0.05) is 12.5 Å². The van der Waals surface area contributed by atoms with Gasteiger partial charge in [0, 0.05) is 32.1 Å². The Bertz CT molecular complexity index is 872. The number of amides is 1. The minimum atomic E-state index is -3.47. The largest absolute Gasteiger partial charge is 0.379 e. The Morgan fingerprint density at radius 3 is 2.56 bits per heavy atom. The zero-order valence-corrected chi connectivity index (χ0v) is 16.3. The van der Waals surface area contributed by atoms with Crippen molar-refractivity contribution in [1.29, 1.82) is 0 Å². The summed E-state index contributed by atoms with van der Waals surface area (Å²) in [4.78, 5) is 15.2. The fourth-order valence-electron chi connectivity index (χ4n) is 4.91. The Hall–Kier alpha value is -1.44. The highest BCUT2D eigenvalue weighted by molar-refractivity contribution is 7.89. The van der Waals surface area contributed by atoms with Crippen molar-refractivity contribution in [2.24, 2.45) is 11.3 Å². The Morgan fingerprint density at radius 2 is 1.89 bits per heavy atom. The molecule has 1 spiro atoms. The van der Waals surface area contributed by atoms with Crippen molar-refractivity contribution in [3.05, 3.63) is 29.3 Å².